The third kappa shape index (κ3) is 51.8. The molecule has 0 fully saturated rings. The van der Waals surface area contributed by atoms with E-state index in [-0.39, 0.29) is 21.1 Å². The SMILES string of the molecule is CC(=O)O.CCCCCCCCCCCC(=O)O.CCC[CH2][Sn][CH2]CCC. The van der Waals surface area contributed by atoms with Crippen molar-refractivity contribution in [3.05, 3.63) is 0 Å². The Morgan fingerprint density at radius 3 is 1.30 bits per heavy atom. The molecule has 162 valence electrons. The molecule has 5 heteroatoms. The van der Waals surface area contributed by atoms with Crippen LogP contribution in [-0.2, 0) is 9.59 Å². The predicted octanol–water partition coefficient (Wildman–Crippen LogP) is 7.21. The Labute approximate surface area is 179 Å². The van der Waals surface area contributed by atoms with Gasteiger partial charge in [0.1, 0.15) is 0 Å². The molecule has 0 unspecified atom stereocenters. The second kappa shape index (κ2) is 30.5. The van der Waals surface area contributed by atoms with E-state index in [1.807, 2.05) is 0 Å². The molecule has 4 nitrogen and oxygen atoms in total. The summed E-state index contributed by atoms with van der Waals surface area (Å²) in [5, 5.41) is 15.8. The van der Waals surface area contributed by atoms with Gasteiger partial charge in [-0.1, -0.05) is 58.3 Å². The Bertz CT molecular complexity index is 286. The van der Waals surface area contributed by atoms with Crippen LogP contribution < -0.4 is 0 Å². The Balaban J connectivity index is -0.000000378. The Morgan fingerprint density at radius 2 is 0.963 bits per heavy atom. The molecule has 27 heavy (non-hydrogen) atoms. The van der Waals surface area contributed by atoms with E-state index in [4.69, 9.17) is 15.0 Å². The van der Waals surface area contributed by atoms with Crippen molar-refractivity contribution >= 4 is 33.1 Å². The summed E-state index contributed by atoms with van der Waals surface area (Å²) in [4.78, 5) is 19.2. The topological polar surface area (TPSA) is 74.6 Å². The summed E-state index contributed by atoms with van der Waals surface area (Å²) in [6.45, 7) is 7.89. The van der Waals surface area contributed by atoms with Crippen LogP contribution in [0, 0.1) is 0 Å². The number of carbonyl (C=O) groups is 2. The average Bonchev–Trinajstić information content (AvgIpc) is 2.60. The van der Waals surface area contributed by atoms with Crippen LogP contribution in [0.3, 0.4) is 0 Å². The molecular weight excluding hydrogens is 447 g/mol. The van der Waals surface area contributed by atoms with Gasteiger partial charge in [-0.2, -0.15) is 0 Å². The van der Waals surface area contributed by atoms with Crippen molar-refractivity contribution in [1.82, 2.24) is 0 Å². The summed E-state index contributed by atoms with van der Waals surface area (Å²) in [6.07, 6.45) is 17.3. The maximum absolute atomic E-state index is 10.2. The molecule has 0 rings (SSSR count). The summed E-state index contributed by atoms with van der Waals surface area (Å²) in [5.74, 6) is -1.49. The number of carboxylic acid groups (broad SMARTS) is 2. The van der Waals surface area contributed by atoms with Crippen LogP contribution in [0.1, 0.15) is 118 Å². The number of hydrogen-bond acceptors (Lipinski definition) is 2. The second-order valence-electron chi connectivity index (χ2n) is 6.95. The molecule has 0 aliphatic heterocycles. The molecule has 0 aromatic carbocycles. The first kappa shape index (κ1) is 31.4. The normalized spacial score (nSPS) is 9.63. The van der Waals surface area contributed by atoms with E-state index in [0.717, 1.165) is 19.8 Å². The van der Waals surface area contributed by atoms with Crippen molar-refractivity contribution in [3.63, 3.8) is 0 Å². The molecule has 0 aliphatic rings. The van der Waals surface area contributed by atoms with Gasteiger partial charge in [0, 0.05) is 13.3 Å². The molecule has 0 aromatic heterocycles. The van der Waals surface area contributed by atoms with Crippen LogP contribution in [-0.4, -0.2) is 43.3 Å². The van der Waals surface area contributed by atoms with Gasteiger partial charge in [-0.3, -0.25) is 9.59 Å². The van der Waals surface area contributed by atoms with E-state index in [0.29, 0.717) is 6.42 Å². The third-order valence-electron chi connectivity index (χ3n) is 3.91. The van der Waals surface area contributed by atoms with Crippen molar-refractivity contribution in [2.24, 2.45) is 0 Å². The fraction of sp³-hybridized carbons (Fsp3) is 0.909. The van der Waals surface area contributed by atoms with Crippen LogP contribution in [0.25, 0.3) is 0 Å². The third-order valence-corrected chi connectivity index (χ3v) is 7.94. The molecule has 0 saturated carbocycles. The molecule has 0 heterocycles. The Hall–Kier alpha value is -0.261. The second-order valence-corrected chi connectivity index (χ2v) is 11.2. The minimum atomic E-state index is -0.833. The molecule has 0 spiro atoms. The van der Waals surface area contributed by atoms with Gasteiger partial charge in [-0.15, -0.1) is 0 Å². The van der Waals surface area contributed by atoms with Gasteiger partial charge in [0.25, 0.3) is 5.97 Å². The van der Waals surface area contributed by atoms with Crippen LogP contribution in [0.2, 0.25) is 8.87 Å². The van der Waals surface area contributed by atoms with Gasteiger partial charge in [-0.05, 0) is 6.42 Å². The number of aliphatic carboxylic acids is 2. The summed E-state index contributed by atoms with van der Waals surface area (Å²) in [7, 11) is 0. The maximum atomic E-state index is 10.2. The summed E-state index contributed by atoms with van der Waals surface area (Å²) in [5.41, 5.74) is 0. The van der Waals surface area contributed by atoms with E-state index in [9.17, 15) is 4.79 Å². The van der Waals surface area contributed by atoms with Crippen molar-refractivity contribution in [2.45, 2.75) is 126 Å². The molecule has 0 aliphatic carbocycles. The first-order valence-corrected chi connectivity index (χ1v) is 15.1. The monoisotopic (exact) mass is 494 g/mol. The van der Waals surface area contributed by atoms with E-state index >= 15 is 0 Å². The molecule has 0 bridgehead atoms. The molecule has 0 amide bonds. The zero-order valence-electron chi connectivity index (χ0n) is 18.5. The standard InChI is InChI=1S/C12H24O2.2C4H9.C2H4O2.Sn/c1-2-3-4-5-6-7-8-9-10-11-12(13)14;2*1-3-4-2;1-2(3)4;/h2-11H2,1H3,(H,13,14);2*1,3-4H2,2H3;1H3,(H,3,4);. The van der Waals surface area contributed by atoms with Gasteiger partial charge in [-0.25, -0.2) is 0 Å². The summed E-state index contributed by atoms with van der Waals surface area (Å²) >= 11 is 0.149. The quantitative estimate of drug-likeness (QED) is 0.176. The van der Waals surface area contributed by atoms with Crippen LogP contribution >= 0.6 is 0 Å². The first-order valence-electron chi connectivity index (χ1n) is 11.0. The molecule has 0 saturated heterocycles. The van der Waals surface area contributed by atoms with Gasteiger partial charge in [0.15, 0.2) is 0 Å². The van der Waals surface area contributed by atoms with E-state index in [2.05, 4.69) is 20.8 Å². The first-order chi connectivity index (χ1) is 12.9. The Morgan fingerprint density at radius 1 is 0.630 bits per heavy atom. The number of rotatable bonds is 16. The number of unbranched alkanes of at least 4 members (excludes halogenated alkanes) is 10. The number of hydrogen-bond donors (Lipinski definition) is 2. The fourth-order valence-corrected chi connectivity index (χ4v) is 6.47. The van der Waals surface area contributed by atoms with Gasteiger partial charge in [0.05, 0.1) is 0 Å². The van der Waals surface area contributed by atoms with Crippen LogP contribution in [0.15, 0.2) is 0 Å². The van der Waals surface area contributed by atoms with Crippen molar-refractivity contribution in [1.29, 1.82) is 0 Å². The van der Waals surface area contributed by atoms with Gasteiger partial charge < -0.3 is 10.2 Å². The zero-order chi connectivity index (χ0) is 21.2. The van der Waals surface area contributed by atoms with Crippen molar-refractivity contribution in [2.75, 3.05) is 0 Å². The van der Waals surface area contributed by atoms with Crippen LogP contribution in [0.4, 0.5) is 0 Å². The Kier molecular flexibility index (Phi) is 35.5. The summed E-state index contributed by atoms with van der Waals surface area (Å²) < 4.78 is 3.25. The van der Waals surface area contributed by atoms with E-state index < -0.39 is 11.9 Å². The molecule has 0 atom stereocenters. The zero-order valence-corrected chi connectivity index (χ0v) is 21.4. The predicted molar refractivity (Wildman–Crippen MR) is 118 cm³/mol. The molecule has 2 radical (unpaired) electrons. The number of carboxylic acids is 2. The summed E-state index contributed by atoms with van der Waals surface area (Å²) in [6, 6.07) is 0. The molecule has 0 aromatic rings. The van der Waals surface area contributed by atoms with E-state index in [1.165, 1.54) is 70.6 Å². The average molecular weight is 493 g/mol. The van der Waals surface area contributed by atoms with Crippen LogP contribution in [0.5, 0.6) is 0 Å². The van der Waals surface area contributed by atoms with E-state index in [1.54, 1.807) is 8.87 Å². The van der Waals surface area contributed by atoms with Crippen molar-refractivity contribution in [3.8, 4) is 0 Å². The van der Waals surface area contributed by atoms with Gasteiger partial charge in [0.2, 0.25) is 0 Å². The fourth-order valence-electron chi connectivity index (χ4n) is 2.32. The molecule has 2 N–H and O–H groups in total. The minimum absolute atomic E-state index is 0.149. The molecular formula is C22H46O4Sn. The van der Waals surface area contributed by atoms with Gasteiger partial charge >= 0.3 is 75.5 Å². The van der Waals surface area contributed by atoms with Crippen molar-refractivity contribution < 1.29 is 19.8 Å².